The van der Waals surface area contributed by atoms with Crippen molar-refractivity contribution < 1.29 is 19.1 Å². The highest BCUT2D eigenvalue weighted by molar-refractivity contribution is 7.22. The number of nitrogens with zero attached hydrogens (tertiary/aromatic N) is 6. The lowest BCUT2D eigenvalue weighted by atomic mass is 9.76. The Balaban J connectivity index is 1.43. The molecule has 2 aliphatic rings. The maximum absolute atomic E-state index is 13.1. The molecule has 0 saturated carbocycles. The minimum atomic E-state index is -0.422. The number of ether oxygens (including phenoxy) is 1. The molecule has 2 fully saturated rings. The summed E-state index contributed by atoms with van der Waals surface area (Å²) in [6, 6.07) is 5.92. The number of rotatable bonds is 9. The van der Waals surface area contributed by atoms with E-state index in [1.54, 1.807) is 9.80 Å². The van der Waals surface area contributed by atoms with Crippen LogP contribution in [0, 0.1) is 5.41 Å². The Hall–Kier alpha value is -3.57. The number of fused-ring (bicyclic) bond motifs is 1. The maximum Gasteiger partial charge on any atom is 0.328 e. The molecule has 0 spiro atoms. The van der Waals surface area contributed by atoms with Gasteiger partial charge in [0.05, 0.1) is 35.6 Å². The molecule has 0 radical (unpaired) electrons. The number of esters is 1. The van der Waals surface area contributed by atoms with Crippen LogP contribution in [0.2, 0.25) is 0 Å². The molecule has 1 aromatic carbocycles. The quantitative estimate of drug-likeness (QED) is 0.241. The van der Waals surface area contributed by atoms with Gasteiger partial charge in [-0.15, -0.1) is 0 Å². The molecule has 5 rings (SSSR count). The van der Waals surface area contributed by atoms with E-state index in [4.69, 9.17) is 14.7 Å². The number of aromatic nitrogens is 2. The van der Waals surface area contributed by atoms with Gasteiger partial charge >= 0.3 is 12.0 Å². The predicted octanol–water partition coefficient (Wildman–Crippen LogP) is 5.40. The number of carbonyl (C=O) groups excluding carboxylic acids is 3. The number of aldehydes is 1. The highest BCUT2D eigenvalue weighted by Crippen LogP contribution is 2.39. The Labute approximate surface area is 251 Å². The van der Waals surface area contributed by atoms with Gasteiger partial charge in [0, 0.05) is 37.0 Å². The fourth-order valence-electron chi connectivity index (χ4n) is 6.00. The smallest absolute Gasteiger partial charge is 0.328 e. The highest BCUT2D eigenvalue weighted by Gasteiger charge is 2.41. The zero-order chi connectivity index (χ0) is 30.0. The van der Waals surface area contributed by atoms with Crippen molar-refractivity contribution in [1.82, 2.24) is 19.8 Å². The first kappa shape index (κ1) is 29.9. The summed E-state index contributed by atoms with van der Waals surface area (Å²) in [4.78, 5) is 55.4. The normalized spacial score (nSPS) is 17.6. The largest absolute Gasteiger partial charge is 0.466 e. The van der Waals surface area contributed by atoms with Crippen LogP contribution in [0.1, 0.15) is 62.9 Å². The molecule has 0 N–H and O–H groups in total. The number of hydrogen-bond donors (Lipinski definition) is 0. The Kier molecular flexibility index (Phi) is 8.79. The van der Waals surface area contributed by atoms with E-state index in [9.17, 15) is 14.4 Å². The maximum atomic E-state index is 13.1. The molecular weight excluding hydrogens is 552 g/mol. The second-order valence-electron chi connectivity index (χ2n) is 11.1. The van der Waals surface area contributed by atoms with Crippen LogP contribution in [0.3, 0.4) is 0 Å². The molecule has 0 unspecified atom stereocenters. The summed E-state index contributed by atoms with van der Waals surface area (Å²) in [6.45, 7) is 11.5. The number of hydrogen-bond acceptors (Lipinski definition) is 9. The number of pyridine rings is 1. The van der Waals surface area contributed by atoms with E-state index in [2.05, 4.69) is 29.7 Å². The topological polar surface area (TPSA) is 99.2 Å². The molecule has 42 heavy (non-hydrogen) atoms. The number of thiazole rings is 1. The van der Waals surface area contributed by atoms with Crippen LogP contribution >= 0.6 is 11.3 Å². The van der Waals surface area contributed by atoms with E-state index in [1.807, 2.05) is 39.2 Å². The molecule has 0 atom stereocenters. The molecule has 2 saturated heterocycles. The average molecular weight is 593 g/mol. The summed E-state index contributed by atoms with van der Waals surface area (Å²) < 4.78 is 6.17. The van der Waals surface area contributed by atoms with Crippen LogP contribution in [-0.2, 0) is 16.0 Å². The van der Waals surface area contributed by atoms with E-state index in [-0.39, 0.29) is 12.0 Å². The van der Waals surface area contributed by atoms with Crippen molar-refractivity contribution in [3.05, 3.63) is 35.5 Å². The monoisotopic (exact) mass is 592 g/mol. The first-order chi connectivity index (χ1) is 20.3. The number of amides is 2. The summed E-state index contributed by atoms with van der Waals surface area (Å²) in [7, 11) is 1.97. The van der Waals surface area contributed by atoms with Gasteiger partial charge < -0.3 is 14.5 Å². The van der Waals surface area contributed by atoms with E-state index < -0.39 is 5.41 Å². The molecular formula is C31H40N6O4S. The van der Waals surface area contributed by atoms with Gasteiger partial charge in [0.25, 0.3) is 0 Å². The van der Waals surface area contributed by atoms with E-state index in [1.165, 1.54) is 11.3 Å². The third-order valence-electron chi connectivity index (χ3n) is 8.61. The molecule has 11 heteroatoms. The van der Waals surface area contributed by atoms with Gasteiger partial charge in [0.15, 0.2) is 11.4 Å². The molecule has 0 bridgehead atoms. The molecule has 2 amide bonds. The second-order valence-corrected chi connectivity index (χ2v) is 12.1. The van der Waals surface area contributed by atoms with Crippen LogP contribution in [-0.4, -0.2) is 84.7 Å². The van der Waals surface area contributed by atoms with E-state index in [0.29, 0.717) is 42.7 Å². The Morgan fingerprint density at radius 1 is 1.10 bits per heavy atom. The zero-order valence-corrected chi connectivity index (χ0v) is 26.0. The van der Waals surface area contributed by atoms with Gasteiger partial charge in [-0.05, 0) is 75.9 Å². The predicted molar refractivity (Wildman–Crippen MR) is 166 cm³/mol. The summed E-state index contributed by atoms with van der Waals surface area (Å²) >= 11 is 1.37. The number of urea groups is 1. The van der Waals surface area contributed by atoms with Gasteiger partial charge in [0.2, 0.25) is 0 Å². The lowest BCUT2D eigenvalue weighted by Gasteiger charge is -2.40. The minimum Gasteiger partial charge on any atom is -0.466 e. The molecule has 4 heterocycles. The zero-order valence-electron chi connectivity index (χ0n) is 25.2. The first-order valence-electron chi connectivity index (χ1n) is 14.8. The first-order valence-corrected chi connectivity index (χ1v) is 15.6. The SMILES string of the molecule is CCOC(=O)C1(CC)CCN(c2ncc(-c3cc(C=O)c4sc(N5CN(C)CN(CC)C5=O)nc4c3)cc2CC)CC1. The van der Waals surface area contributed by atoms with Crippen molar-refractivity contribution in [2.45, 2.75) is 53.4 Å². The summed E-state index contributed by atoms with van der Waals surface area (Å²) in [5.74, 6) is 0.854. The van der Waals surface area contributed by atoms with E-state index in [0.717, 1.165) is 72.3 Å². The van der Waals surface area contributed by atoms with Crippen LogP contribution in [0.15, 0.2) is 24.4 Å². The van der Waals surface area contributed by atoms with Crippen molar-refractivity contribution in [3.8, 4) is 11.1 Å². The average Bonchev–Trinajstić information content (AvgIpc) is 3.45. The number of carbonyl (C=O) groups is 3. The number of piperidine rings is 1. The molecule has 2 aliphatic heterocycles. The van der Waals surface area contributed by atoms with E-state index >= 15 is 0 Å². The third kappa shape index (κ3) is 5.47. The summed E-state index contributed by atoms with van der Waals surface area (Å²) in [5, 5.41) is 0.582. The van der Waals surface area contributed by atoms with Gasteiger partial charge in [0.1, 0.15) is 5.82 Å². The minimum absolute atomic E-state index is 0.0777. The molecule has 3 aromatic rings. The fourth-order valence-corrected chi connectivity index (χ4v) is 7.01. The number of anilines is 2. The van der Waals surface area contributed by atoms with Gasteiger partial charge in [-0.25, -0.2) is 14.8 Å². The van der Waals surface area contributed by atoms with Crippen molar-refractivity contribution >= 4 is 50.8 Å². The van der Waals surface area contributed by atoms with Gasteiger partial charge in [-0.2, -0.15) is 0 Å². The van der Waals surface area contributed by atoms with Crippen molar-refractivity contribution in [1.29, 1.82) is 0 Å². The van der Waals surface area contributed by atoms with Crippen molar-refractivity contribution in [2.75, 3.05) is 56.4 Å². The summed E-state index contributed by atoms with van der Waals surface area (Å²) in [5.41, 5.74) is 3.69. The van der Waals surface area contributed by atoms with Crippen LogP contribution in [0.25, 0.3) is 21.3 Å². The van der Waals surface area contributed by atoms with Crippen LogP contribution < -0.4 is 9.80 Å². The van der Waals surface area contributed by atoms with Crippen LogP contribution in [0.5, 0.6) is 0 Å². The number of benzene rings is 1. The van der Waals surface area contributed by atoms with Gasteiger partial charge in [-0.3, -0.25) is 19.4 Å². The molecule has 0 aliphatic carbocycles. The lowest BCUT2D eigenvalue weighted by molar-refractivity contribution is -0.157. The second kappa shape index (κ2) is 12.3. The fraction of sp³-hybridized carbons (Fsp3) is 0.516. The van der Waals surface area contributed by atoms with Crippen molar-refractivity contribution in [3.63, 3.8) is 0 Å². The Morgan fingerprint density at radius 3 is 2.50 bits per heavy atom. The van der Waals surface area contributed by atoms with Gasteiger partial charge in [-0.1, -0.05) is 25.2 Å². The van der Waals surface area contributed by atoms with Crippen molar-refractivity contribution in [2.24, 2.45) is 5.41 Å². The van der Waals surface area contributed by atoms with Crippen LogP contribution in [0.4, 0.5) is 15.7 Å². The Morgan fingerprint density at radius 2 is 1.86 bits per heavy atom. The molecule has 224 valence electrons. The molecule has 10 nitrogen and oxygen atoms in total. The molecule has 2 aromatic heterocycles. The third-order valence-corrected chi connectivity index (χ3v) is 9.75. The Bertz CT molecular complexity index is 1480. The number of aryl methyl sites for hydroxylation is 1. The summed E-state index contributed by atoms with van der Waals surface area (Å²) in [6.07, 6.45) is 5.76. The lowest BCUT2D eigenvalue weighted by Crippen LogP contribution is -2.56. The highest BCUT2D eigenvalue weighted by atomic mass is 32.1. The standard InChI is InChI=1S/C31H40N6O4S/c1-6-21-14-23(17-32-27(21)36-12-10-31(7-2,11-13-36)28(39)41-9-4)22-15-24(18-38)26-25(16-22)33-29(42-26)37-20-34(5)19-35(8-3)30(37)40/h14-18H,6-13,19-20H2,1-5H3.